The molecule has 0 aliphatic carbocycles. The van der Waals surface area contributed by atoms with Gasteiger partial charge in [0.15, 0.2) is 5.66 Å². The van der Waals surface area contributed by atoms with Crippen LogP contribution in [0.4, 0.5) is 5.69 Å². The fourth-order valence-electron chi connectivity index (χ4n) is 3.47. The number of nitrogens with zero attached hydrogens (tertiary/aromatic N) is 3. The molecule has 0 radical (unpaired) electrons. The van der Waals surface area contributed by atoms with E-state index < -0.39 is 5.66 Å². The van der Waals surface area contributed by atoms with Crippen molar-refractivity contribution in [2.75, 3.05) is 18.9 Å². The Bertz CT molecular complexity index is 990. The van der Waals surface area contributed by atoms with Crippen molar-refractivity contribution in [2.45, 2.75) is 50.9 Å². The maximum atomic E-state index is 12.3. The van der Waals surface area contributed by atoms with Crippen molar-refractivity contribution in [2.24, 2.45) is 10.2 Å². The second-order valence-electron chi connectivity index (χ2n) is 8.38. The van der Waals surface area contributed by atoms with Crippen molar-refractivity contribution in [3.63, 3.8) is 0 Å². The zero-order chi connectivity index (χ0) is 23.5. The van der Waals surface area contributed by atoms with Gasteiger partial charge in [-0.3, -0.25) is 9.59 Å². The summed E-state index contributed by atoms with van der Waals surface area (Å²) in [6.45, 7) is 1.92. The maximum absolute atomic E-state index is 12.3. The van der Waals surface area contributed by atoms with Gasteiger partial charge < -0.3 is 15.5 Å². The van der Waals surface area contributed by atoms with Crippen LogP contribution in [0.5, 0.6) is 0 Å². The van der Waals surface area contributed by atoms with Gasteiger partial charge in [-0.2, -0.15) is 10.2 Å². The van der Waals surface area contributed by atoms with Gasteiger partial charge in [-0.1, -0.05) is 42.5 Å². The van der Waals surface area contributed by atoms with Crippen molar-refractivity contribution in [3.05, 3.63) is 65.7 Å². The molecule has 7 heteroatoms. The first-order valence-electron chi connectivity index (χ1n) is 11.2. The number of benzene rings is 2. The summed E-state index contributed by atoms with van der Waals surface area (Å²) >= 11 is 0. The Labute approximate surface area is 195 Å². The molecule has 7 nitrogen and oxygen atoms in total. The third-order valence-electron chi connectivity index (χ3n) is 5.55. The molecule has 0 atom stereocenters. The largest absolute Gasteiger partial charge is 0.352 e. The van der Waals surface area contributed by atoms with Gasteiger partial charge in [-0.05, 0) is 30.3 Å². The smallest absolute Gasteiger partial charge is 0.225 e. The Morgan fingerprint density at radius 3 is 2.36 bits per heavy atom. The van der Waals surface area contributed by atoms with Crippen LogP contribution in [-0.2, 0) is 22.7 Å². The van der Waals surface area contributed by atoms with Gasteiger partial charge in [0.1, 0.15) is 0 Å². The summed E-state index contributed by atoms with van der Waals surface area (Å²) in [7, 11) is 2.01. The van der Waals surface area contributed by atoms with Crippen LogP contribution in [0.2, 0.25) is 0 Å². The minimum atomic E-state index is -0.431. The molecule has 0 bridgehead atoms. The molecule has 33 heavy (non-hydrogen) atoms. The number of nitrogens with one attached hydrogen (secondary N) is 2. The molecule has 0 saturated heterocycles. The summed E-state index contributed by atoms with van der Waals surface area (Å²) in [5.41, 5.74) is 2.50. The van der Waals surface area contributed by atoms with E-state index in [2.05, 4.69) is 43.8 Å². The minimum absolute atomic E-state index is 0.0226. The number of carbonyl (C=O) groups excluding carboxylic acids is 2. The Hall–Kier alpha value is -3.50. The van der Waals surface area contributed by atoms with Crippen molar-refractivity contribution in [3.8, 4) is 12.3 Å². The lowest BCUT2D eigenvalue weighted by atomic mass is 10.0. The van der Waals surface area contributed by atoms with Crippen molar-refractivity contribution in [1.82, 2.24) is 10.2 Å². The van der Waals surface area contributed by atoms with E-state index in [1.54, 1.807) is 0 Å². The molecule has 0 aromatic heterocycles. The standard InChI is InChI=1S/C26H31N5O2/c1-3-4-16-26(29-30-26)17-14-24(32)27-19-21-10-12-23(13-11-21)28-25(33)15-18-31(2)20-22-8-6-5-7-9-22/h1,5-13H,4,14-20H2,2H3,(H,27,32)(H,28,33). The lowest BCUT2D eigenvalue weighted by molar-refractivity contribution is -0.121. The second kappa shape index (κ2) is 11.9. The van der Waals surface area contributed by atoms with Gasteiger partial charge in [-0.25, -0.2) is 0 Å². The number of hydrogen-bond acceptors (Lipinski definition) is 5. The quantitative estimate of drug-likeness (QED) is 0.455. The first-order valence-corrected chi connectivity index (χ1v) is 11.2. The molecule has 0 fully saturated rings. The summed E-state index contributed by atoms with van der Waals surface area (Å²) in [5.74, 6) is 2.53. The highest BCUT2D eigenvalue weighted by Crippen LogP contribution is 2.37. The molecule has 2 amide bonds. The maximum Gasteiger partial charge on any atom is 0.225 e. The minimum Gasteiger partial charge on any atom is -0.352 e. The van der Waals surface area contributed by atoms with Gasteiger partial charge in [0.25, 0.3) is 0 Å². The summed E-state index contributed by atoms with van der Waals surface area (Å²) in [6.07, 6.45) is 7.97. The van der Waals surface area contributed by atoms with E-state index in [1.807, 2.05) is 49.5 Å². The van der Waals surface area contributed by atoms with Gasteiger partial charge in [0.05, 0.1) is 0 Å². The zero-order valence-electron chi connectivity index (χ0n) is 19.1. The zero-order valence-corrected chi connectivity index (χ0v) is 19.1. The van der Waals surface area contributed by atoms with E-state index in [1.165, 1.54) is 5.56 Å². The molecule has 3 rings (SSSR count). The number of terminal acetylenes is 1. The molecule has 0 saturated carbocycles. The van der Waals surface area contributed by atoms with E-state index in [-0.39, 0.29) is 11.8 Å². The van der Waals surface area contributed by atoms with Gasteiger partial charge in [0, 0.05) is 57.4 Å². The van der Waals surface area contributed by atoms with Crippen LogP contribution in [0, 0.1) is 12.3 Å². The number of anilines is 1. The SMILES string of the molecule is C#CCCC1(CCC(=O)NCc2ccc(NC(=O)CCN(C)Cc3ccccc3)cc2)N=N1. The molecule has 1 heterocycles. The fraction of sp³-hybridized carbons (Fsp3) is 0.385. The highest BCUT2D eigenvalue weighted by atomic mass is 16.2. The van der Waals surface area contributed by atoms with E-state index in [4.69, 9.17) is 6.42 Å². The van der Waals surface area contributed by atoms with Gasteiger partial charge in [-0.15, -0.1) is 12.3 Å². The van der Waals surface area contributed by atoms with E-state index in [0.717, 1.165) is 17.8 Å². The topological polar surface area (TPSA) is 86.2 Å². The van der Waals surface area contributed by atoms with Gasteiger partial charge >= 0.3 is 0 Å². The molecule has 2 aromatic carbocycles. The fourth-order valence-corrected chi connectivity index (χ4v) is 3.47. The van der Waals surface area contributed by atoms with Crippen LogP contribution in [0.25, 0.3) is 0 Å². The Morgan fingerprint density at radius 1 is 0.970 bits per heavy atom. The third-order valence-corrected chi connectivity index (χ3v) is 5.55. The van der Waals surface area contributed by atoms with Crippen LogP contribution >= 0.6 is 0 Å². The summed E-state index contributed by atoms with van der Waals surface area (Å²) in [6, 6.07) is 17.7. The van der Waals surface area contributed by atoms with Crippen LogP contribution in [0.3, 0.4) is 0 Å². The predicted molar refractivity (Wildman–Crippen MR) is 129 cm³/mol. The van der Waals surface area contributed by atoms with Crippen LogP contribution < -0.4 is 10.6 Å². The van der Waals surface area contributed by atoms with Crippen LogP contribution in [0.1, 0.15) is 43.2 Å². The van der Waals surface area contributed by atoms with Crippen LogP contribution in [0.15, 0.2) is 64.8 Å². The lowest BCUT2D eigenvalue weighted by Crippen LogP contribution is -2.25. The van der Waals surface area contributed by atoms with Crippen molar-refractivity contribution >= 4 is 17.5 Å². The van der Waals surface area contributed by atoms with Crippen LogP contribution in [-0.4, -0.2) is 36.0 Å². The molecule has 172 valence electrons. The Kier molecular flexibility index (Phi) is 8.73. The van der Waals surface area contributed by atoms with E-state index in [0.29, 0.717) is 45.2 Å². The average Bonchev–Trinajstić information content (AvgIpc) is 3.60. The Morgan fingerprint density at radius 2 is 1.70 bits per heavy atom. The van der Waals surface area contributed by atoms with Gasteiger partial charge in [0.2, 0.25) is 11.8 Å². The number of amides is 2. The van der Waals surface area contributed by atoms with Crippen molar-refractivity contribution in [1.29, 1.82) is 0 Å². The average molecular weight is 446 g/mol. The molecular weight excluding hydrogens is 414 g/mol. The lowest BCUT2D eigenvalue weighted by Gasteiger charge is -2.16. The normalized spacial score (nSPS) is 13.4. The molecular formula is C26H31N5O2. The molecule has 0 unspecified atom stereocenters. The summed E-state index contributed by atoms with van der Waals surface area (Å²) in [4.78, 5) is 26.5. The summed E-state index contributed by atoms with van der Waals surface area (Å²) in [5, 5.41) is 13.9. The number of rotatable bonds is 13. The molecule has 2 aromatic rings. The van der Waals surface area contributed by atoms with E-state index in [9.17, 15) is 9.59 Å². The molecule has 1 aliphatic rings. The number of hydrogen-bond donors (Lipinski definition) is 2. The van der Waals surface area contributed by atoms with E-state index >= 15 is 0 Å². The van der Waals surface area contributed by atoms with Crippen molar-refractivity contribution < 1.29 is 9.59 Å². The molecule has 0 spiro atoms. The first kappa shape index (κ1) is 24.1. The first-order chi connectivity index (χ1) is 16.0. The number of carbonyl (C=O) groups is 2. The third kappa shape index (κ3) is 8.51. The second-order valence-corrected chi connectivity index (χ2v) is 8.38. The predicted octanol–water partition coefficient (Wildman–Crippen LogP) is 4.12. The Balaban J connectivity index is 1.32. The summed E-state index contributed by atoms with van der Waals surface area (Å²) < 4.78 is 0. The monoisotopic (exact) mass is 445 g/mol. The molecule has 2 N–H and O–H groups in total. The molecule has 1 aliphatic heterocycles. The highest BCUT2D eigenvalue weighted by molar-refractivity contribution is 5.90. The highest BCUT2D eigenvalue weighted by Gasteiger charge is 2.39.